The summed E-state index contributed by atoms with van der Waals surface area (Å²) in [7, 11) is 1.85. The Morgan fingerprint density at radius 1 is 1.36 bits per heavy atom. The fraction of sp³-hybridized carbons (Fsp3) is 1.00. The number of aliphatic hydroxyl groups is 1. The van der Waals surface area contributed by atoms with Crippen molar-refractivity contribution >= 4 is 0 Å². The lowest BCUT2D eigenvalue weighted by atomic mass is 10.2. The van der Waals surface area contributed by atoms with E-state index in [1.165, 1.54) is 0 Å². The minimum absolute atomic E-state index is 0.204. The maximum absolute atomic E-state index is 9.25. The summed E-state index contributed by atoms with van der Waals surface area (Å²) in [4.78, 5) is 0. The molecule has 1 atom stereocenters. The SMILES string of the molecule is CCCNCCC(O)CNC. The van der Waals surface area contributed by atoms with Crippen LogP contribution in [0.3, 0.4) is 0 Å². The molecule has 0 saturated heterocycles. The molecule has 0 aromatic heterocycles. The molecular formula is C8H20N2O. The van der Waals surface area contributed by atoms with Crippen LogP contribution in [0.2, 0.25) is 0 Å². The Kier molecular flexibility index (Phi) is 7.89. The molecule has 0 fully saturated rings. The second-order valence-corrected chi connectivity index (χ2v) is 2.75. The van der Waals surface area contributed by atoms with E-state index in [4.69, 9.17) is 0 Å². The van der Waals surface area contributed by atoms with Gasteiger partial charge in [0.05, 0.1) is 6.10 Å². The van der Waals surface area contributed by atoms with Crippen LogP contribution in [0, 0.1) is 0 Å². The van der Waals surface area contributed by atoms with Crippen molar-refractivity contribution in [3.63, 3.8) is 0 Å². The van der Waals surface area contributed by atoms with Gasteiger partial charge in [-0.2, -0.15) is 0 Å². The summed E-state index contributed by atoms with van der Waals surface area (Å²) < 4.78 is 0. The lowest BCUT2D eigenvalue weighted by Crippen LogP contribution is -2.28. The topological polar surface area (TPSA) is 44.3 Å². The number of rotatable bonds is 7. The number of nitrogens with one attached hydrogen (secondary N) is 2. The summed E-state index contributed by atoms with van der Waals surface area (Å²) in [5.41, 5.74) is 0. The molecule has 0 bridgehead atoms. The largest absolute Gasteiger partial charge is 0.392 e. The lowest BCUT2D eigenvalue weighted by Gasteiger charge is -2.09. The molecule has 3 heteroatoms. The standard InChI is InChI=1S/C8H20N2O/c1-3-5-10-6-4-8(11)7-9-2/h8-11H,3-7H2,1-2H3. The summed E-state index contributed by atoms with van der Waals surface area (Å²) in [5.74, 6) is 0. The molecule has 68 valence electrons. The summed E-state index contributed by atoms with van der Waals surface area (Å²) >= 11 is 0. The van der Waals surface area contributed by atoms with E-state index in [0.29, 0.717) is 6.54 Å². The normalized spacial score (nSPS) is 13.4. The van der Waals surface area contributed by atoms with Crippen LogP contribution in [0.25, 0.3) is 0 Å². The van der Waals surface area contributed by atoms with Gasteiger partial charge in [0.2, 0.25) is 0 Å². The molecular weight excluding hydrogens is 140 g/mol. The van der Waals surface area contributed by atoms with Crippen molar-refractivity contribution < 1.29 is 5.11 Å². The van der Waals surface area contributed by atoms with Gasteiger partial charge in [-0.1, -0.05) is 6.92 Å². The molecule has 0 saturated carbocycles. The number of aliphatic hydroxyl groups excluding tert-OH is 1. The smallest absolute Gasteiger partial charge is 0.0676 e. The summed E-state index contributed by atoms with van der Waals surface area (Å²) in [6.45, 7) is 4.79. The Morgan fingerprint density at radius 2 is 2.09 bits per heavy atom. The average molecular weight is 160 g/mol. The molecule has 0 aromatic carbocycles. The molecule has 0 amide bonds. The van der Waals surface area contributed by atoms with Crippen LogP contribution in [-0.4, -0.2) is 37.9 Å². The second-order valence-electron chi connectivity index (χ2n) is 2.75. The monoisotopic (exact) mass is 160 g/mol. The highest BCUT2D eigenvalue weighted by atomic mass is 16.3. The van der Waals surface area contributed by atoms with Crippen molar-refractivity contribution in [3.05, 3.63) is 0 Å². The van der Waals surface area contributed by atoms with Crippen LogP contribution >= 0.6 is 0 Å². The highest BCUT2D eigenvalue weighted by molar-refractivity contribution is 4.59. The highest BCUT2D eigenvalue weighted by Crippen LogP contribution is 1.86. The average Bonchev–Trinajstić information content (AvgIpc) is 1.99. The van der Waals surface area contributed by atoms with E-state index >= 15 is 0 Å². The molecule has 3 N–H and O–H groups in total. The maximum Gasteiger partial charge on any atom is 0.0676 e. The summed E-state index contributed by atoms with van der Waals surface area (Å²) in [5, 5.41) is 15.4. The number of likely N-dealkylation sites (N-methyl/N-ethyl adjacent to an activating group) is 1. The Balaban J connectivity index is 2.97. The van der Waals surface area contributed by atoms with E-state index in [-0.39, 0.29) is 6.10 Å². The van der Waals surface area contributed by atoms with Crippen molar-refractivity contribution in [2.75, 3.05) is 26.7 Å². The summed E-state index contributed by atoms with van der Waals surface area (Å²) in [6, 6.07) is 0. The molecule has 0 heterocycles. The van der Waals surface area contributed by atoms with E-state index in [9.17, 15) is 5.11 Å². The minimum atomic E-state index is -0.204. The first-order valence-electron chi connectivity index (χ1n) is 4.34. The molecule has 11 heavy (non-hydrogen) atoms. The zero-order valence-corrected chi connectivity index (χ0v) is 7.56. The molecule has 0 aliphatic carbocycles. The van der Waals surface area contributed by atoms with Gasteiger partial charge in [0, 0.05) is 6.54 Å². The third-order valence-electron chi connectivity index (χ3n) is 1.52. The quantitative estimate of drug-likeness (QED) is 0.458. The van der Waals surface area contributed by atoms with Gasteiger partial charge in [-0.3, -0.25) is 0 Å². The maximum atomic E-state index is 9.25. The van der Waals surface area contributed by atoms with E-state index in [1.807, 2.05) is 7.05 Å². The molecule has 0 aromatic rings. The Bertz CT molecular complexity index is 78.5. The third-order valence-corrected chi connectivity index (χ3v) is 1.52. The van der Waals surface area contributed by atoms with E-state index in [0.717, 1.165) is 25.9 Å². The zero-order valence-electron chi connectivity index (χ0n) is 7.56. The summed E-state index contributed by atoms with van der Waals surface area (Å²) in [6.07, 6.45) is 1.78. The molecule has 0 spiro atoms. The van der Waals surface area contributed by atoms with Crippen molar-refractivity contribution in [1.82, 2.24) is 10.6 Å². The van der Waals surface area contributed by atoms with Crippen LogP contribution in [0.15, 0.2) is 0 Å². The predicted molar refractivity (Wildman–Crippen MR) is 47.7 cm³/mol. The van der Waals surface area contributed by atoms with Crippen LogP contribution in [0.1, 0.15) is 19.8 Å². The van der Waals surface area contributed by atoms with Gasteiger partial charge in [0.25, 0.3) is 0 Å². The Labute approximate surface area is 69.2 Å². The fourth-order valence-corrected chi connectivity index (χ4v) is 0.908. The second kappa shape index (κ2) is 7.98. The van der Waals surface area contributed by atoms with Gasteiger partial charge in [-0.25, -0.2) is 0 Å². The van der Waals surface area contributed by atoms with Crippen LogP contribution in [-0.2, 0) is 0 Å². The van der Waals surface area contributed by atoms with E-state index in [1.54, 1.807) is 0 Å². The van der Waals surface area contributed by atoms with Crippen molar-refractivity contribution in [2.24, 2.45) is 0 Å². The molecule has 1 unspecified atom stereocenters. The first-order valence-corrected chi connectivity index (χ1v) is 4.34. The first kappa shape index (κ1) is 10.9. The van der Waals surface area contributed by atoms with Gasteiger partial charge in [0.1, 0.15) is 0 Å². The van der Waals surface area contributed by atoms with E-state index in [2.05, 4.69) is 17.6 Å². The Morgan fingerprint density at radius 3 is 2.64 bits per heavy atom. The van der Waals surface area contributed by atoms with E-state index < -0.39 is 0 Å². The number of hydrogen-bond donors (Lipinski definition) is 3. The zero-order chi connectivity index (χ0) is 8.53. The molecule has 0 radical (unpaired) electrons. The van der Waals surface area contributed by atoms with Gasteiger partial charge < -0.3 is 15.7 Å². The molecule has 0 aliphatic rings. The van der Waals surface area contributed by atoms with Gasteiger partial charge >= 0.3 is 0 Å². The fourth-order valence-electron chi connectivity index (χ4n) is 0.908. The molecule has 0 aliphatic heterocycles. The van der Waals surface area contributed by atoms with Gasteiger partial charge in [-0.15, -0.1) is 0 Å². The first-order chi connectivity index (χ1) is 5.31. The minimum Gasteiger partial charge on any atom is -0.392 e. The number of hydrogen-bond acceptors (Lipinski definition) is 3. The molecule has 3 nitrogen and oxygen atoms in total. The van der Waals surface area contributed by atoms with Crippen LogP contribution in [0.5, 0.6) is 0 Å². The van der Waals surface area contributed by atoms with Gasteiger partial charge in [-0.05, 0) is 33.0 Å². The van der Waals surface area contributed by atoms with Crippen molar-refractivity contribution in [1.29, 1.82) is 0 Å². The van der Waals surface area contributed by atoms with Crippen molar-refractivity contribution in [3.8, 4) is 0 Å². The van der Waals surface area contributed by atoms with Gasteiger partial charge in [0.15, 0.2) is 0 Å². The molecule has 0 rings (SSSR count). The predicted octanol–water partition coefficient (Wildman–Crippen LogP) is -0.0436. The Hall–Kier alpha value is -0.120. The third kappa shape index (κ3) is 7.78. The van der Waals surface area contributed by atoms with Crippen LogP contribution in [0.4, 0.5) is 0 Å². The highest BCUT2D eigenvalue weighted by Gasteiger charge is 1.99. The van der Waals surface area contributed by atoms with Crippen LogP contribution < -0.4 is 10.6 Å². The van der Waals surface area contributed by atoms with Crippen molar-refractivity contribution in [2.45, 2.75) is 25.9 Å². The lowest BCUT2D eigenvalue weighted by molar-refractivity contribution is 0.164.